The minimum Gasteiger partial charge on any atom is -0.444 e. The van der Waals surface area contributed by atoms with Gasteiger partial charge in [-0.25, -0.2) is 4.79 Å². The van der Waals surface area contributed by atoms with Crippen LogP contribution in [0.4, 0.5) is 4.79 Å². The molecule has 0 aromatic carbocycles. The van der Waals surface area contributed by atoms with Gasteiger partial charge in [-0.1, -0.05) is 6.08 Å². The van der Waals surface area contributed by atoms with Crippen LogP contribution >= 0.6 is 0 Å². The minimum absolute atomic E-state index is 0.405. The van der Waals surface area contributed by atoms with Gasteiger partial charge in [-0.15, -0.1) is 6.58 Å². The number of aldehydes is 1. The van der Waals surface area contributed by atoms with Crippen LogP contribution in [-0.2, 0) is 9.53 Å². The van der Waals surface area contributed by atoms with Crippen LogP contribution in [0.15, 0.2) is 12.7 Å². The summed E-state index contributed by atoms with van der Waals surface area (Å²) in [4.78, 5) is 21.7. The molecule has 0 spiro atoms. The third kappa shape index (κ3) is 6.22. The molecule has 0 bridgehead atoms. The Labute approximate surface area is 84.3 Å². The molecule has 0 aliphatic rings. The van der Waals surface area contributed by atoms with Crippen molar-refractivity contribution >= 4 is 12.4 Å². The third-order valence-corrected chi connectivity index (χ3v) is 1.29. The zero-order chi connectivity index (χ0) is 11.2. The van der Waals surface area contributed by atoms with E-state index in [0.29, 0.717) is 12.7 Å². The number of ether oxygens (including phenoxy) is 1. The molecular formula is C10H17NO3. The van der Waals surface area contributed by atoms with E-state index < -0.39 is 17.7 Å². The zero-order valence-corrected chi connectivity index (χ0v) is 8.87. The molecule has 0 heterocycles. The van der Waals surface area contributed by atoms with Crippen molar-refractivity contribution in [1.82, 2.24) is 5.32 Å². The highest BCUT2D eigenvalue weighted by atomic mass is 16.6. The molecule has 0 radical (unpaired) electrons. The Morgan fingerprint density at radius 2 is 2.14 bits per heavy atom. The number of alkyl carbamates (subject to hydrolysis) is 1. The molecule has 1 amide bonds. The normalized spacial score (nSPS) is 12.8. The Hall–Kier alpha value is -1.32. The summed E-state index contributed by atoms with van der Waals surface area (Å²) < 4.78 is 4.97. The van der Waals surface area contributed by atoms with Crippen LogP contribution in [0.2, 0.25) is 0 Å². The van der Waals surface area contributed by atoms with Crippen LogP contribution < -0.4 is 5.32 Å². The van der Waals surface area contributed by atoms with Gasteiger partial charge in [-0.2, -0.15) is 0 Å². The fraction of sp³-hybridized carbons (Fsp3) is 0.600. The van der Waals surface area contributed by atoms with E-state index in [1.165, 1.54) is 0 Å². The van der Waals surface area contributed by atoms with E-state index in [9.17, 15) is 9.59 Å². The molecule has 80 valence electrons. The molecule has 4 heteroatoms. The van der Waals surface area contributed by atoms with Crippen molar-refractivity contribution in [2.75, 3.05) is 0 Å². The van der Waals surface area contributed by atoms with Crippen molar-refractivity contribution in [3.8, 4) is 0 Å². The second-order valence-electron chi connectivity index (χ2n) is 3.91. The maximum Gasteiger partial charge on any atom is 0.408 e. The van der Waals surface area contributed by atoms with Crippen molar-refractivity contribution in [2.45, 2.75) is 38.8 Å². The summed E-state index contributed by atoms with van der Waals surface area (Å²) in [5.41, 5.74) is -0.550. The van der Waals surface area contributed by atoms with Gasteiger partial charge in [0.2, 0.25) is 0 Å². The molecule has 0 rings (SSSR count). The first-order valence-corrected chi connectivity index (χ1v) is 4.44. The fourth-order valence-electron chi connectivity index (χ4n) is 0.787. The number of hydrogen-bond donors (Lipinski definition) is 1. The van der Waals surface area contributed by atoms with E-state index >= 15 is 0 Å². The summed E-state index contributed by atoms with van der Waals surface area (Å²) in [5, 5.41) is 2.42. The summed E-state index contributed by atoms with van der Waals surface area (Å²) in [6, 6.07) is -0.553. The molecule has 1 atom stereocenters. The maximum atomic E-state index is 11.2. The standard InChI is InChI=1S/C10H17NO3/c1-5-6-8(7-12)11-9(13)14-10(2,3)4/h5,7-8H,1,6H2,2-4H3,(H,11,13). The molecule has 0 aromatic heterocycles. The van der Waals surface area contributed by atoms with Gasteiger partial charge >= 0.3 is 6.09 Å². The summed E-state index contributed by atoms with van der Waals surface area (Å²) in [6.45, 7) is 8.76. The maximum absolute atomic E-state index is 11.2. The highest BCUT2D eigenvalue weighted by Crippen LogP contribution is 2.06. The molecule has 0 aromatic rings. The first kappa shape index (κ1) is 12.7. The van der Waals surface area contributed by atoms with E-state index in [1.54, 1.807) is 26.8 Å². The Balaban J connectivity index is 4.03. The summed E-state index contributed by atoms with van der Waals surface area (Å²) in [7, 11) is 0. The predicted octanol–water partition coefficient (Wildman–Crippen LogP) is 1.65. The molecule has 0 saturated carbocycles. The number of amides is 1. The Kier molecular flexibility index (Phi) is 4.91. The van der Waals surface area contributed by atoms with Crippen molar-refractivity contribution in [3.63, 3.8) is 0 Å². The average Bonchev–Trinajstić information content (AvgIpc) is 2.00. The van der Waals surface area contributed by atoms with Gasteiger partial charge in [0.05, 0.1) is 6.04 Å². The van der Waals surface area contributed by atoms with Gasteiger partial charge in [-0.3, -0.25) is 0 Å². The van der Waals surface area contributed by atoms with Gasteiger partial charge in [0.15, 0.2) is 0 Å². The van der Waals surface area contributed by atoms with Crippen LogP contribution in [-0.4, -0.2) is 24.0 Å². The molecule has 14 heavy (non-hydrogen) atoms. The average molecular weight is 199 g/mol. The van der Waals surface area contributed by atoms with E-state index in [4.69, 9.17) is 4.74 Å². The quantitative estimate of drug-likeness (QED) is 0.553. The number of carbonyl (C=O) groups excluding carboxylic acids is 2. The lowest BCUT2D eigenvalue weighted by Gasteiger charge is -2.21. The van der Waals surface area contributed by atoms with Crippen molar-refractivity contribution in [3.05, 3.63) is 12.7 Å². The largest absolute Gasteiger partial charge is 0.444 e. The van der Waals surface area contributed by atoms with Crippen LogP contribution in [0.1, 0.15) is 27.2 Å². The van der Waals surface area contributed by atoms with Crippen LogP contribution in [0.3, 0.4) is 0 Å². The SMILES string of the molecule is C=CCC(C=O)NC(=O)OC(C)(C)C. The number of carbonyl (C=O) groups is 2. The third-order valence-electron chi connectivity index (χ3n) is 1.29. The zero-order valence-electron chi connectivity index (χ0n) is 8.87. The second kappa shape index (κ2) is 5.42. The minimum atomic E-state index is -0.587. The summed E-state index contributed by atoms with van der Waals surface area (Å²) in [5.74, 6) is 0. The Bertz CT molecular complexity index is 218. The van der Waals surface area contributed by atoms with Gasteiger partial charge < -0.3 is 14.8 Å². The van der Waals surface area contributed by atoms with E-state index in [-0.39, 0.29) is 0 Å². The number of hydrogen-bond acceptors (Lipinski definition) is 3. The number of rotatable bonds is 4. The van der Waals surface area contributed by atoms with Crippen molar-refractivity contribution < 1.29 is 14.3 Å². The lowest BCUT2D eigenvalue weighted by molar-refractivity contribution is -0.109. The smallest absolute Gasteiger partial charge is 0.408 e. The van der Waals surface area contributed by atoms with Crippen LogP contribution in [0.5, 0.6) is 0 Å². The molecule has 0 saturated heterocycles. The van der Waals surface area contributed by atoms with E-state index in [2.05, 4.69) is 11.9 Å². The molecule has 1 N–H and O–H groups in total. The van der Waals surface area contributed by atoms with Gasteiger partial charge in [-0.05, 0) is 27.2 Å². The van der Waals surface area contributed by atoms with Crippen molar-refractivity contribution in [2.24, 2.45) is 0 Å². The van der Waals surface area contributed by atoms with Crippen molar-refractivity contribution in [1.29, 1.82) is 0 Å². The first-order chi connectivity index (χ1) is 6.39. The topological polar surface area (TPSA) is 55.4 Å². The molecule has 1 unspecified atom stereocenters. The lowest BCUT2D eigenvalue weighted by atomic mass is 10.2. The Morgan fingerprint density at radius 1 is 1.57 bits per heavy atom. The number of nitrogens with one attached hydrogen (secondary N) is 1. The second-order valence-corrected chi connectivity index (χ2v) is 3.91. The van der Waals surface area contributed by atoms with Gasteiger partial charge in [0, 0.05) is 0 Å². The highest BCUT2D eigenvalue weighted by molar-refractivity contribution is 5.73. The van der Waals surface area contributed by atoms with E-state index in [1.807, 2.05) is 0 Å². The van der Waals surface area contributed by atoms with Gasteiger partial charge in [0.1, 0.15) is 11.9 Å². The Morgan fingerprint density at radius 3 is 2.50 bits per heavy atom. The molecule has 0 aliphatic carbocycles. The highest BCUT2D eigenvalue weighted by Gasteiger charge is 2.18. The van der Waals surface area contributed by atoms with E-state index in [0.717, 1.165) is 0 Å². The van der Waals surface area contributed by atoms with Crippen LogP contribution in [0, 0.1) is 0 Å². The lowest BCUT2D eigenvalue weighted by Crippen LogP contribution is -2.39. The molecule has 4 nitrogen and oxygen atoms in total. The summed E-state index contributed by atoms with van der Waals surface area (Å²) >= 11 is 0. The monoisotopic (exact) mass is 199 g/mol. The molecule has 0 fully saturated rings. The summed E-state index contributed by atoms with van der Waals surface area (Å²) in [6.07, 6.45) is 2.04. The molecule has 0 aliphatic heterocycles. The van der Waals surface area contributed by atoms with Crippen LogP contribution in [0.25, 0.3) is 0 Å². The van der Waals surface area contributed by atoms with Gasteiger partial charge in [0.25, 0.3) is 0 Å². The first-order valence-electron chi connectivity index (χ1n) is 4.44. The molecular weight excluding hydrogens is 182 g/mol. The predicted molar refractivity (Wildman–Crippen MR) is 54.0 cm³/mol. The fourth-order valence-corrected chi connectivity index (χ4v) is 0.787.